The van der Waals surface area contributed by atoms with E-state index in [2.05, 4.69) is 29.4 Å². The van der Waals surface area contributed by atoms with Crippen molar-refractivity contribution in [2.24, 2.45) is 0 Å². The molecule has 1 unspecified atom stereocenters. The second kappa shape index (κ2) is 9.25. The first-order valence-electron chi connectivity index (χ1n) is 10.8. The van der Waals surface area contributed by atoms with E-state index in [4.69, 9.17) is 9.72 Å². The lowest BCUT2D eigenvalue weighted by Gasteiger charge is -2.32. The predicted octanol–water partition coefficient (Wildman–Crippen LogP) is 4.71. The number of amides is 1. The highest BCUT2D eigenvalue weighted by molar-refractivity contribution is 8.00. The van der Waals surface area contributed by atoms with Crippen molar-refractivity contribution in [3.05, 3.63) is 46.3 Å². The quantitative estimate of drug-likeness (QED) is 0.291. The number of thiophene rings is 1. The molecule has 1 aliphatic rings. The summed E-state index contributed by atoms with van der Waals surface area (Å²) < 4.78 is 8.14. The van der Waals surface area contributed by atoms with Crippen LogP contribution in [0.15, 0.2) is 40.6 Å². The Bertz CT molecular complexity index is 1320. The molecule has 0 aliphatic carbocycles. The van der Waals surface area contributed by atoms with Crippen LogP contribution in [0.3, 0.4) is 0 Å². The summed E-state index contributed by atoms with van der Waals surface area (Å²) in [5, 5.41) is 14.6. The molecule has 10 heteroatoms. The second-order valence-corrected chi connectivity index (χ2v) is 11.0. The zero-order valence-corrected chi connectivity index (χ0v) is 21.2. The van der Waals surface area contributed by atoms with E-state index >= 15 is 0 Å². The molecule has 0 fully saturated rings. The Balaban J connectivity index is 1.43. The van der Waals surface area contributed by atoms with Crippen LogP contribution < -0.4 is 5.32 Å². The Labute approximate surface area is 204 Å². The third kappa shape index (κ3) is 4.37. The fourth-order valence-corrected chi connectivity index (χ4v) is 6.47. The Morgan fingerprint density at radius 1 is 1.27 bits per heavy atom. The van der Waals surface area contributed by atoms with E-state index in [9.17, 15) is 4.79 Å². The average Bonchev–Trinajstić information content (AvgIpc) is 3.42. The van der Waals surface area contributed by atoms with Crippen molar-refractivity contribution >= 4 is 56.6 Å². The smallest absolute Gasteiger partial charge is 0.230 e. The van der Waals surface area contributed by atoms with Gasteiger partial charge >= 0.3 is 0 Å². The zero-order valence-electron chi connectivity index (χ0n) is 18.8. The number of thioether (sulfide) groups is 2. The van der Waals surface area contributed by atoms with E-state index in [1.807, 2.05) is 41.0 Å². The molecule has 0 saturated heterocycles. The standard InChI is InChI=1S/C23H25N5O2S3/c1-4-23(2)10-15-16(12-30-23)33-20-18(15)19-26-27-22(28(19)21(25-20)31-3)32-13-17(29)24-11-14-8-6-5-7-9-14/h5-9H,4,10-13H2,1-3H3,(H,24,29). The lowest BCUT2D eigenvalue weighted by Crippen LogP contribution is -2.33. The number of carbonyl (C=O) groups is 1. The van der Waals surface area contributed by atoms with E-state index in [0.717, 1.165) is 39.4 Å². The van der Waals surface area contributed by atoms with Crippen molar-refractivity contribution < 1.29 is 9.53 Å². The number of nitrogens with zero attached hydrogens (tertiary/aromatic N) is 4. The van der Waals surface area contributed by atoms with Gasteiger partial charge in [-0.2, -0.15) is 0 Å². The molecule has 33 heavy (non-hydrogen) atoms. The van der Waals surface area contributed by atoms with Crippen molar-refractivity contribution in [3.63, 3.8) is 0 Å². The van der Waals surface area contributed by atoms with Crippen molar-refractivity contribution in [3.8, 4) is 0 Å². The molecule has 0 radical (unpaired) electrons. The number of hydrogen-bond acceptors (Lipinski definition) is 8. The number of rotatable bonds is 7. The monoisotopic (exact) mass is 499 g/mol. The van der Waals surface area contributed by atoms with Crippen LogP contribution in [0.2, 0.25) is 0 Å². The first kappa shape index (κ1) is 22.6. The molecule has 0 bridgehead atoms. The Kier molecular flexibility index (Phi) is 6.34. The maximum atomic E-state index is 12.4. The van der Waals surface area contributed by atoms with Gasteiger partial charge in [0.15, 0.2) is 16.0 Å². The lowest BCUT2D eigenvalue weighted by atomic mass is 9.90. The molecule has 1 amide bonds. The Morgan fingerprint density at radius 3 is 2.85 bits per heavy atom. The number of aromatic nitrogens is 4. The van der Waals surface area contributed by atoms with Gasteiger partial charge in [0, 0.05) is 17.8 Å². The van der Waals surface area contributed by atoms with E-state index in [1.54, 1.807) is 23.1 Å². The van der Waals surface area contributed by atoms with Crippen LogP contribution in [0.5, 0.6) is 0 Å². The number of hydrogen-bond donors (Lipinski definition) is 1. The predicted molar refractivity (Wildman–Crippen MR) is 134 cm³/mol. The van der Waals surface area contributed by atoms with Crippen LogP contribution in [-0.2, 0) is 29.1 Å². The van der Waals surface area contributed by atoms with Crippen molar-refractivity contribution in [1.82, 2.24) is 24.9 Å². The third-order valence-electron chi connectivity index (χ3n) is 6.02. The number of nitrogens with one attached hydrogen (secondary N) is 1. The summed E-state index contributed by atoms with van der Waals surface area (Å²) in [6.45, 7) is 5.45. The largest absolute Gasteiger partial charge is 0.369 e. The average molecular weight is 500 g/mol. The molecule has 1 N–H and O–H groups in total. The van der Waals surface area contributed by atoms with Gasteiger partial charge in [-0.15, -0.1) is 21.5 Å². The molecule has 7 nitrogen and oxygen atoms in total. The number of benzene rings is 1. The number of fused-ring (bicyclic) bond motifs is 5. The summed E-state index contributed by atoms with van der Waals surface area (Å²) in [6, 6.07) is 9.89. The molecule has 5 rings (SSSR count). The van der Waals surface area contributed by atoms with Crippen LogP contribution in [0.25, 0.3) is 15.9 Å². The molecule has 0 saturated carbocycles. The van der Waals surface area contributed by atoms with Crippen LogP contribution in [0, 0.1) is 0 Å². The van der Waals surface area contributed by atoms with Crippen molar-refractivity contribution in [2.75, 3.05) is 12.0 Å². The molecule has 4 aromatic rings. The minimum absolute atomic E-state index is 0.0379. The maximum Gasteiger partial charge on any atom is 0.230 e. The molecule has 0 spiro atoms. The van der Waals surface area contributed by atoms with Crippen LogP contribution in [0.4, 0.5) is 0 Å². The lowest BCUT2D eigenvalue weighted by molar-refractivity contribution is -0.118. The summed E-state index contributed by atoms with van der Waals surface area (Å²) in [4.78, 5) is 19.6. The molecule has 1 aliphatic heterocycles. The second-order valence-electron chi connectivity index (χ2n) is 8.24. The van der Waals surface area contributed by atoms with Gasteiger partial charge in [0.25, 0.3) is 0 Å². The van der Waals surface area contributed by atoms with Crippen LogP contribution >= 0.6 is 34.9 Å². The topological polar surface area (TPSA) is 81.4 Å². The summed E-state index contributed by atoms with van der Waals surface area (Å²) in [7, 11) is 0. The van der Waals surface area contributed by atoms with Gasteiger partial charge in [-0.25, -0.2) is 9.38 Å². The van der Waals surface area contributed by atoms with Crippen LogP contribution in [0.1, 0.15) is 36.3 Å². The third-order valence-corrected chi connectivity index (χ3v) is 8.68. The van der Waals surface area contributed by atoms with Gasteiger partial charge in [-0.3, -0.25) is 4.79 Å². The van der Waals surface area contributed by atoms with Crippen molar-refractivity contribution in [1.29, 1.82) is 0 Å². The normalized spacial score (nSPS) is 18.0. The Hall–Kier alpha value is -2.14. The summed E-state index contributed by atoms with van der Waals surface area (Å²) in [6.07, 6.45) is 3.79. The highest BCUT2D eigenvalue weighted by atomic mass is 32.2. The SMILES string of the molecule is CCC1(C)Cc2c(sc3nc(SC)n4c(SCC(=O)NCc5ccccc5)nnc4c23)CO1. The van der Waals surface area contributed by atoms with E-state index in [1.165, 1.54) is 22.2 Å². The Morgan fingerprint density at radius 2 is 2.09 bits per heavy atom. The summed E-state index contributed by atoms with van der Waals surface area (Å²) in [5.41, 5.74) is 2.99. The van der Waals surface area contributed by atoms with Gasteiger partial charge < -0.3 is 10.1 Å². The molecular formula is C23H25N5O2S3. The molecule has 1 aromatic carbocycles. The summed E-state index contributed by atoms with van der Waals surface area (Å²) >= 11 is 4.63. The fourth-order valence-electron chi connectivity index (χ4n) is 3.95. The fraction of sp³-hybridized carbons (Fsp3) is 0.391. The number of carbonyl (C=O) groups excluding carboxylic acids is 1. The van der Waals surface area contributed by atoms with E-state index < -0.39 is 0 Å². The maximum absolute atomic E-state index is 12.4. The number of ether oxygens (including phenoxy) is 1. The van der Waals surface area contributed by atoms with Gasteiger partial charge in [0.05, 0.1) is 23.3 Å². The van der Waals surface area contributed by atoms with Gasteiger partial charge in [0.2, 0.25) is 5.91 Å². The van der Waals surface area contributed by atoms with Gasteiger partial charge in [-0.1, -0.05) is 60.8 Å². The molecule has 172 valence electrons. The molecule has 4 heterocycles. The first-order chi connectivity index (χ1) is 16.0. The van der Waals surface area contributed by atoms with Gasteiger partial charge in [-0.05, 0) is 30.7 Å². The van der Waals surface area contributed by atoms with Crippen LogP contribution in [-0.4, -0.2) is 43.1 Å². The minimum atomic E-state index is -0.176. The zero-order chi connectivity index (χ0) is 23.0. The van der Waals surface area contributed by atoms with E-state index in [-0.39, 0.29) is 17.3 Å². The van der Waals surface area contributed by atoms with E-state index in [0.29, 0.717) is 18.3 Å². The van der Waals surface area contributed by atoms with Crippen molar-refractivity contribution in [2.45, 2.75) is 55.8 Å². The minimum Gasteiger partial charge on any atom is -0.369 e. The van der Waals surface area contributed by atoms with Gasteiger partial charge in [0.1, 0.15) is 4.83 Å². The highest BCUT2D eigenvalue weighted by Gasteiger charge is 2.33. The summed E-state index contributed by atoms with van der Waals surface area (Å²) in [5.74, 6) is 0.229. The molecule has 1 atom stereocenters. The first-order valence-corrected chi connectivity index (χ1v) is 13.8. The molecular weight excluding hydrogens is 474 g/mol. The molecule has 3 aromatic heterocycles. The highest BCUT2D eigenvalue weighted by Crippen LogP contribution is 2.42.